The summed E-state index contributed by atoms with van der Waals surface area (Å²) in [5.41, 5.74) is 0.605. The fraction of sp³-hybridized carbons (Fsp3) is 0.714. The number of hydrogen-bond donors (Lipinski definition) is 1. The highest BCUT2D eigenvalue weighted by molar-refractivity contribution is 5.36. The number of methoxy groups -OCH3 is 1. The molecule has 0 aliphatic carbocycles. The van der Waals surface area contributed by atoms with Crippen molar-refractivity contribution in [3.05, 3.63) is 17.6 Å². The van der Waals surface area contributed by atoms with E-state index in [0.717, 1.165) is 30.3 Å². The number of anilines is 1. The zero-order valence-corrected chi connectivity index (χ0v) is 12.4. The minimum atomic E-state index is -0.461. The summed E-state index contributed by atoms with van der Waals surface area (Å²) >= 11 is 0. The molecule has 1 aromatic heterocycles. The van der Waals surface area contributed by atoms with Gasteiger partial charge in [-0.2, -0.15) is 0 Å². The molecular formula is C14H25N3O. The van der Waals surface area contributed by atoms with Gasteiger partial charge in [-0.3, -0.25) is 0 Å². The first-order chi connectivity index (χ1) is 8.39. The molecule has 0 amide bonds. The van der Waals surface area contributed by atoms with Gasteiger partial charge in [0.1, 0.15) is 11.4 Å². The SMILES string of the molecule is CCNc1cc(CC(C)C)nc(C(C)(C)OC)n1. The number of ether oxygens (including phenoxy) is 1. The van der Waals surface area contributed by atoms with E-state index in [0.29, 0.717) is 5.92 Å². The van der Waals surface area contributed by atoms with Crippen molar-refractivity contribution in [3.8, 4) is 0 Å². The molecular weight excluding hydrogens is 226 g/mol. The molecule has 0 radical (unpaired) electrons. The van der Waals surface area contributed by atoms with Gasteiger partial charge in [0.2, 0.25) is 0 Å². The van der Waals surface area contributed by atoms with Crippen molar-refractivity contribution < 1.29 is 4.74 Å². The van der Waals surface area contributed by atoms with Gasteiger partial charge in [0.25, 0.3) is 0 Å². The van der Waals surface area contributed by atoms with Crippen molar-refractivity contribution in [1.29, 1.82) is 0 Å². The topological polar surface area (TPSA) is 47.0 Å². The third-order valence-electron chi connectivity index (χ3n) is 2.80. The Labute approximate surface area is 110 Å². The second-order valence-corrected chi connectivity index (χ2v) is 5.41. The van der Waals surface area contributed by atoms with Crippen LogP contribution in [0.5, 0.6) is 0 Å². The minimum absolute atomic E-state index is 0.461. The van der Waals surface area contributed by atoms with E-state index in [1.807, 2.05) is 19.9 Å². The maximum absolute atomic E-state index is 5.46. The van der Waals surface area contributed by atoms with Crippen LogP contribution < -0.4 is 5.32 Å². The highest BCUT2D eigenvalue weighted by Gasteiger charge is 2.24. The summed E-state index contributed by atoms with van der Waals surface area (Å²) in [5, 5.41) is 3.25. The Morgan fingerprint density at radius 1 is 1.33 bits per heavy atom. The lowest BCUT2D eigenvalue weighted by atomic mass is 10.1. The Balaban J connectivity index is 3.13. The molecule has 0 aromatic carbocycles. The van der Waals surface area contributed by atoms with Crippen LogP contribution in [0.15, 0.2) is 6.07 Å². The van der Waals surface area contributed by atoms with Crippen LogP contribution in [0.2, 0.25) is 0 Å². The van der Waals surface area contributed by atoms with Gasteiger partial charge in [-0.15, -0.1) is 0 Å². The monoisotopic (exact) mass is 251 g/mol. The van der Waals surface area contributed by atoms with Crippen LogP contribution in [0.4, 0.5) is 5.82 Å². The third kappa shape index (κ3) is 3.95. The number of aromatic nitrogens is 2. The summed E-state index contributed by atoms with van der Waals surface area (Å²) in [6, 6.07) is 2.03. The molecule has 0 unspecified atom stereocenters. The van der Waals surface area contributed by atoms with E-state index in [-0.39, 0.29) is 0 Å². The normalized spacial score (nSPS) is 11.9. The standard InChI is InChI=1S/C14H25N3O/c1-7-15-12-9-11(8-10(2)3)16-13(17-12)14(4,5)18-6/h9-10H,7-8H2,1-6H3,(H,15,16,17). The second kappa shape index (κ2) is 6.14. The Morgan fingerprint density at radius 2 is 2.00 bits per heavy atom. The first kappa shape index (κ1) is 14.9. The van der Waals surface area contributed by atoms with Crippen LogP contribution in [0.25, 0.3) is 0 Å². The predicted octanol–water partition coefficient (Wildman–Crippen LogP) is 2.99. The van der Waals surface area contributed by atoms with E-state index in [4.69, 9.17) is 4.74 Å². The largest absolute Gasteiger partial charge is 0.371 e. The van der Waals surface area contributed by atoms with Gasteiger partial charge >= 0.3 is 0 Å². The molecule has 102 valence electrons. The van der Waals surface area contributed by atoms with Crippen molar-refractivity contribution in [1.82, 2.24) is 9.97 Å². The highest BCUT2D eigenvalue weighted by atomic mass is 16.5. The van der Waals surface area contributed by atoms with E-state index in [9.17, 15) is 0 Å². The van der Waals surface area contributed by atoms with E-state index in [2.05, 4.69) is 36.1 Å². The van der Waals surface area contributed by atoms with Crippen molar-refractivity contribution in [2.75, 3.05) is 19.0 Å². The lowest BCUT2D eigenvalue weighted by Crippen LogP contribution is -2.24. The third-order valence-corrected chi connectivity index (χ3v) is 2.80. The zero-order chi connectivity index (χ0) is 13.8. The first-order valence-corrected chi connectivity index (χ1v) is 6.56. The molecule has 0 aliphatic rings. The van der Waals surface area contributed by atoms with Gasteiger partial charge in [-0.1, -0.05) is 13.8 Å². The molecule has 0 bridgehead atoms. The van der Waals surface area contributed by atoms with Crippen molar-refractivity contribution in [3.63, 3.8) is 0 Å². The van der Waals surface area contributed by atoms with Crippen molar-refractivity contribution >= 4 is 5.82 Å². The van der Waals surface area contributed by atoms with E-state index < -0.39 is 5.60 Å². The summed E-state index contributed by atoms with van der Waals surface area (Å²) in [6.45, 7) is 11.3. The van der Waals surface area contributed by atoms with Gasteiger partial charge < -0.3 is 10.1 Å². The van der Waals surface area contributed by atoms with Gasteiger partial charge in [0.05, 0.1) is 0 Å². The van der Waals surface area contributed by atoms with Crippen LogP contribution in [-0.4, -0.2) is 23.6 Å². The van der Waals surface area contributed by atoms with E-state index in [1.165, 1.54) is 0 Å². The number of nitrogens with zero attached hydrogens (tertiary/aromatic N) is 2. The maximum Gasteiger partial charge on any atom is 0.162 e. The Hall–Kier alpha value is -1.16. The van der Waals surface area contributed by atoms with E-state index >= 15 is 0 Å². The zero-order valence-electron chi connectivity index (χ0n) is 12.4. The molecule has 1 heterocycles. The number of nitrogens with one attached hydrogen (secondary N) is 1. The quantitative estimate of drug-likeness (QED) is 0.844. The van der Waals surface area contributed by atoms with Crippen LogP contribution >= 0.6 is 0 Å². The molecule has 1 aromatic rings. The average Bonchev–Trinajstić information content (AvgIpc) is 2.28. The smallest absolute Gasteiger partial charge is 0.162 e. The Kier molecular flexibility index (Phi) is 5.08. The van der Waals surface area contributed by atoms with Crippen molar-refractivity contribution in [2.24, 2.45) is 5.92 Å². The molecule has 4 heteroatoms. The summed E-state index contributed by atoms with van der Waals surface area (Å²) in [4.78, 5) is 9.15. The first-order valence-electron chi connectivity index (χ1n) is 6.56. The summed E-state index contributed by atoms with van der Waals surface area (Å²) in [5.74, 6) is 2.19. The van der Waals surface area contributed by atoms with Crippen LogP contribution in [0, 0.1) is 5.92 Å². The molecule has 1 rings (SSSR count). The summed E-state index contributed by atoms with van der Waals surface area (Å²) < 4.78 is 5.46. The molecule has 0 saturated carbocycles. The van der Waals surface area contributed by atoms with E-state index in [1.54, 1.807) is 7.11 Å². The minimum Gasteiger partial charge on any atom is -0.371 e. The predicted molar refractivity (Wildman–Crippen MR) is 74.8 cm³/mol. The maximum atomic E-state index is 5.46. The lowest BCUT2D eigenvalue weighted by molar-refractivity contribution is 0.0114. The Bertz CT molecular complexity index is 389. The molecule has 0 aliphatic heterocycles. The summed E-state index contributed by atoms with van der Waals surface area (Å²) in [7, 11) is 1.69. The van der Waals surface area contributed by atoms with Gasteiger partial charge in [-0.25, -0.2) is 9.97 Å². The molecule has 18 heavy (non-hydrogen) atoms. The van der Waals surface area contributed by atoms with Crippen LogP contribution in [0.3, 0.4) is 0 Å². The van der Waals surface area contributed by atoms with Crippen molar-refractivity contribution in [2.45, 2.75) is 46.6 Å². The second-order valence-electron chi connectivity index (χ2n) is 5.41. The molecule has 4 nitrogen and oxygen atoms in total. The molecule has 0 saturated heterocycles. The fourth-order valence-electron chi connectivity index (χ4n) is 1.65. The number of hydrogen-bond acceptors (Lipinski definition) is 4. The molecule has 1 N–H and O–H groups in total. The number of rotatable bonds is 6. The van der Waals surface area contributed by atoms with Gasteiger partial charge in [-0.05, 0) is 33.1 Å². The van der Waals surface area contributed by atoms with Gasteiger partial charge in [0.15, 0.2) is 5.82 Å². The Morgan fingerprint density at radius 3 is 2.50 bits per heavy atom. The molecule has 0 spiro atoms. The molecule has 0 fully saturated rings. The van der Waals surface area contributed by atoms with Crippen LogP contribution in [0.1, 0.15) is 46.1 Å². The van der Waals surface area contributed by atoms with Crippen LogP contribution in [-0.2, 0) is 16.8 Å². The fourth-order valence-corrected chi connectivity index (χ4v) is 1.65. The summed E-state index contributed by atoms with van der Waals surface area (Å²) in [6.07, 6.45) is 0.952. The average molecular weight is 251 g/mol. The van der Waals surface area contributed by atoms with Gasteiger partial charge in [0, 0.05) is 25.4 Å². The molecule has 0 atom stereocenters. The lowest BCUT2D eigenvalue weighted by Gasteiger charge is -2.22. The highest BCUT2D eigenvalue weighted by Crippen LogP contribution is 2.22.